The molecule has 0 atom stereocenters. The third-order valence-electron chi connectivity index (χ3n) is 0.0942. The van der Waals surface area contributed by atoms with E-state index in [1.54, 1.807) is 0 Å². The van der Waals surface area contributed by atoms with Gasteiger partial charge in [-0.2, -0.15) is 8.42 Å². The fourth-order valence-corrected chi connectivity index (χ4v) is 0. The van der Waals surface area contributed by atoms with Crippen molar-refractivity contribution in [1.82, 2.24) is 0 Å². The van der Waals surface area contributed by atoms with Gasteiger partial charge in [-0.1, -0.05) is 4.33 Å². The van der Waals surface area contributed by atoms with E-state index in [1.165, 1.54) is 0 Å². The van der Waals surface area contributed by atoms with E-state index >= 15 is 0 Å². The van der Waals surface area contributed by atoms with Crippen LogP contribution in [0.15, 0.2) is 0 Å². The normalized spacial score (nSPS) is 8.75. The first-order valence-corrected chi connectivity index (χ1v) is 2.23. The molecule has 0 aromatic carbocycles. The molecular weight excluding hydrogens is 163 g/mol. The average molecular weight is 170 g/mol. The van der Waals surface area contributed by atoms with E-state index in [-0.39, 0.29) is 43.3 Å². The third-order valence-corrected chi connectivity index (χ3v) is 0.283. The molecule has 0 aromatic rings. The second-order valence-electron chi connectivity index (χ2n) is 0.502. The van der Waals surface area contributed by atoms with Crippen molar-refractivity contribution in [2.45, 2.75) is 0 Å². The third kappa shape index (κ3) is 15.7. The molecule has 0 heterocycles. The van der Waals surface area contributed by atoms with E-state index in [0.29, 0.717) is 0 Å². The molecule has 0 aliphatic heterocycles. The van der Waals surface area contributed by atoms with Gasteiger partial charge in [0.15, 0.2) is 17.4 Å². The van der Waals surface area contributed by atoms with E-state index in [2.05, 4.69) is 4.33 Å². The Balaban J connectivity index is -0.0000000208. The summed E-state index contributed by atoms with van der Waals surface area (Å²) in [6.07, 6.45) is 0. The van der Waals surface area contributed by atoms with Crippen LogP contribution in [0.3, 0.4) is 0 Å². The smallest absolute Gasteiger partial charge is 1.00 e. The van der Waals surface area contributed by atoms with Crippen LogP contribution in [0.25, 0.3) is 0 Å². The van der Waals surface area contributed by atoms with Crippen molar-refractivity contribution in [3.63, 3.8) is 0 Å². The SMILES string of the molecule is O=S(=O)(O)OO.[AlH3].[H-].[H-].[Mg+2]. The van der Waals surface area contributed by atoms with Crippen LogP contribution in [0.4, 0.5) is 0 Å². The van der Waals surface area contributed by atoms with Gasteiger partial charge in [-0.3, -0.25) is 4.55 Å². The summed E-state index contributed by atoms with van der Waals surface area (Å²) >= 11 is 0. The van der Waals surface area contributed by atoms with Crippen LogP contribution in [-0.2, 0) is 14.7 Å². The van der Waals surface area contributed by atoms with Crippen LogP contribution in [0.2, 0.25) is 0 Å². The minimum atomic E-state index is -4.61. The van der Waals surface area contributed by atoms with E-state index in [0.717, 1.165) is 0 Å². The topological polar surface area (TPSA) is 83.8 Å². The second kappa shape index (κ2) is 6.25. The minimum Gasteiger partial charge on any atom is -1.00 e. The van der Waals surface area contributed by atoms with Crippen LogP contribution in [-0.4, -0.2) is 58.6 Å². The van der Waals surface area contributed by atoms with Crippen molar-refractivity contribution in [3.05, 3.63) is 0 Å². The maximum Gasteiger partial charge on any atom is 2.00 e. The van der Waals surface area contributed by atoms with Crippen LogP contribution < -0.4 is 0 Å². The maximum atomic E-state index is 9.08. The average Bonchev–Trinajstić information content (AvgIpc) is 1.35. The Morgan fingerprint density at radius 1 is 1.50 bits per heavy atom. The Kier molecular flexibility index (Phi) is 12.5. The second-order valence-corrected chi connectivity index (χ2v) is 1.51. The molecule has 0 unspecified atom stereocenters. The van der Waals surface area contributed by atoms with E-state index in [9.17, 15) is 0 Å². The summed E-state index contributed by atoms with van der Waals surface area (Å²) in [5.41, 5.74) is 0. The molecule has 0 rings (SSSR count). The Hall–Kier alpha value is 1.13. The maximum absolute atomic E-state index is 9.08. The van der Waals surface area contributed by atoms with Crippen LogP contribution in [0, 0.1) is 0 Å². The molecule has 48 valence electrons. The number of hydrogen-bond acceptors (Lipinski definition) is 4. The molecule has 0 amide bonds. The van der Waals surface area contributed by atoms with Crippen molar-refractivity contribution in [2.24, 2.45) is 0 Å². The molecule has 8 heteroatoms. The van der Waals surface area contributed by atoms with Crippen molar-refractivity contribution >= 4 is 50.8 Å². The van der Waals surface area contributed by atoms with Crippen LogP contribution in [0.5, 0.6) is 0 Å². The summed E-state index contributed by atoms with van der Waals surface area (Å²) in [5.74, 6) is 0. The monoisotopic (exact) mass is 170 g/mol. The number of hydrogen-bond donors (Lipinski definition) is 2. The van der Waals surface area contributed by atoms with E-state index < -0.39 is 10.4 Å². The predicted molar refractivity (Wildman–Crippen MR) is 33.2 cm³/mol. The summed E-state index contributed by atoms with van der Waals surface area (Å²) in [6.45, 7) is 0. The molecule has 5 nitrogen and oxygen atoms in total. The van der Waals surface area contributed by atoms with Crippen molar-refractivity contribution in [1.29, 1.82) is 0 Å². The molecule has 0 bridgehead atoms. The van der Waals surface area contributed by atoms with Gasteiger partial charge in [0, 0.05) is 0 Å². The van der Waals surface area contributed by atoms with E-state index in [4.69, 9.17) is 18.2 Å². The zero-order valence-electron chi connectivity index (χ0n) is 5.23. The fraction of sp³-hybridized carbons (Fsp3) is 0. The Morgan fingerprint density at radius 2 is 1.62 bits per heavy atom. The molecule has 0 saturated heterocycles. The molecule has 0 aromatic heterocycles. The van der Waals surface area contributed by atoms with Gasteiger partial charge in [0.05, 0.1) is 0 Å². The van der Waals surface area contributed by atoms with Gasteiger partial charge in [-0.05, 0) is 0 Å². The van der Waals surface area contributed by atoms with Gasteiger partial charge < -0.3 is 2.85 Å². The molecule has 0 spiro atoms. The first-order valence-electron chi connectivity index (χ1n) is 0.865. The summed E-state index contributed by atoms with van der Waals surface area (Å²) < 4.78 is 28.0. The first kappa shape index (κ1) is 16.1. The Morgan fingerprint density at radius 3 is 1.62 bits per heavy atom. The molecule has 8 heavy (non-hydrogen) atoms. The molecule has 0 saturated carbocycles. The fourth-order valence-electron chi connectivity index (χ4n) is 0. The minimum absolute atomic E-state index is 0. The summed E-state index contributed by atoms with van der Waals surface area (Å²) in [5, 5.41) is 7.06. The van der Waals surface area contributed by atoms with Crippen molar-refractivity contribution in [3.8, 4) is 0 Å². The molecule has 0 aliphatic rings. The van der Waals surface area contributed by atoms with Gasteiger partial charge in [0.25, 0.3) is 0 Å². The van der Waals surface area contributed by atoms with Crippen LogP contribution >= 0.6 is 0 Å². The molecule has 2 N–H and O–H groups in total. The van der Waals surface area contributed by atoms with Crippen molar-refractivity contribution < 1.29 is 25.4 Å². The largest absolute Gasteiger partial charge is 2.00 e. The molecule has 0 fully saturated rings. The summed E-state index contributed by atoms with van der Waals surface area (Å²) in [4.78, 5) is 0. The molecule has 0 radical (unpaired) electrons. The van der Waals surface area contributed by atoms with E-state index in [1.807, 2.05) is 0 Å². The van der Waals surface area contributed by atoms with Gasteiger partial charge in [-0.25, -0.2) is 5.26 Å². The Labute approximate surface area is 76.2 Å². The summed E-state index contributed by atoms with van der Waals surface area (Å²) in [6, 6.07) is 0. The standard InChI is InChI=1S/Al.Mg.H2O5S.5H/c;;1-5-6(2,3)4;;;;;/h;;1H,(H,2,3,4);;;;;/q;+2;;;;;2*-1. The van der Waals surface area contributed by atoms with Gasteiger partial charge in [0.1, 0.15) is 0 Å². The molecule has 0 aliphatic carbocycles. The van der Waals surface area contributed by atoms with Gasteiger partial charge in [-0.15, -0.1) is 0 Å². The predicted octanol–water partition coefficient (Wildman–Crippen LogP) is -2.06. The van der Waals surface area contributed by atoms with Gasteiger partial charge >= 0.3 is 33.5 Å². The van der Waals surface area contributed by atoms with Crippen LogP contribution in [0.1, 0.15) is 2.85 Å². The van der Waals surface area contributed by atoms with Gasteiger partial charge in [0.2, 0.25) is 0 Å². The first-order chi connectivity index (χ1) is 2.56. The number of rotatable bonds is 1. The quantitative estimate of drug-likeness (QED) is 0.205. The zero-order valence-corrected chi connectivity index (χ0v) is 5.47. The summed E-state index contributed by atoms with van der Waals surface area (Å²) in [7, 11) is -4.61. The zero-order chi connectivity index (χ0) is 5.21. The Bertz CT molecular complexity index is 122. The van der Waals surface area contributed by atoms with Crippen molar-refractivity contribution in [2.75, 3.05) is 0 Å². The molecular formula is H7AlMgO5S.